The van der Waals surface area contributed by atoms with E-state index in [1.807, 2.05) is 4.90 Å². The molecule has 0 aromatic heterocycles. The molecule has 2 rings (SSSR count). The van der Waals surface area contributed by atoms with Crippen molar-refractivity contribution in [3.8, 4) is 0 Å². The smallest absolute Gasteiger partial charge is 0.317 e. The third-order valence-corrected chi connectivity index (χ3v) is 2.72. The number of rotatable bonds is 2. The molecule has 2 saturated heterocycles. The second kappa shape index (κ2) is 3.49. The molecule has 1 N–H and O–H groups in total. The summed E-state index contributed by atoms with van der Waals surface area (Å²) in [6.07, 6.45) is 0. The first-order valence-corrected chi connectivity index (χ1v) is 4.64. The standard InChI is InChI=1S/C8H14FN3O/c9-1-2-11-3-4-12-7(6-11)5-10-8(12)13/h7H,1-6H2,(H,10,13). The maximum Gasteiger partial charge on any atom is 0.317 e. The largest absolute Gasteiger partial charge is 0.336 e. The Hall–Kier alpha value is -0.840. The molecular weight excluding hydrogens is 173 g/mol. The summed E-state index contributed by atoms with van der Waals surface area (Å²) in [4.78, 5) is 15.1. The van der Waals surface area contributed by atoms with Gasteiger partial charge >= 0.3 is 6.03 Å². The zero-order valence-electron chi connectivity index (χ0n) is 7.50. The number of amides is 2. The van der Waals surface area contributed by atoms with Crippen molar-refractivity contribution in [1.29, 1.82) is 0 Å². The van der Waals surface area contributed by atoms with Gasteiger partial charge in [-0.25, -0.2) is 9.18 Å². The first kappa shape index (κ1) is 8.74. The molecule has 0 aliphatic carbocycles. The van der Waals surface area contributed by atoms with E-state index in [-0.39, 0.29) is 18.7 Å². The lowest BCUT2D eigenvalue weighted by atomic mass is 10.2. The summed E-state index contributed by atoms with van der Waals surface area (Å²) in [7, 11) is 0. The fourth-order valence-electron chi connectivity index (χ4n) is 1.99. The SMILES string of the molecule is O=C1NCC2CN(CCF)CCN12. The first-order chi connectivity index (χ1) is 6.31. The van der Waals surface area contributed by atoms with Crippen LogP contribution in [0, 0.1) is 0 Å². The molecule has 0 radical (unpaired) electrons. The molecule has 1 unspecified atom stereocenters. The molecule has 0 saturated carbocycles. The minimum atomic E-state index is -0.298. The molecule has 2 amide bonds. The fourth-order valence-corrected chi connectivity index (χ4v) is 1.99. The van der Waals surface area contributed by atoms with Gasteiger partial charge in [0.05, 0.1) is 6.04 Å². The molecule has 2 aliphatic heterocycles. The van der Waals surface area contributed by atoms with E-state index in [0.29, 0.717) is 13.1 Å². The number of carbonyl (C=O) groups excluding carboxylic acids is 1. The number of urea groups is 1. The predicted octanol–water partition coefficient (Wildman–Crippen LogP) is -0.335. The van der Waals surface area contributed by atoms with Crippen molar-refractivity contribution in [1.82, 2.24) is 15.1 Å². The Morgan fingerprint density at radius 3 is 3.15 bits per heavy atom. The van der Waals surface area contributed by atoms with E-state index in [9.17, 15) is 9.18 Å². The molecule has 1 atom stereocenters. The van der Waals surface area contributed by atoms with Crippen LogP contribution in [0.3, 0.4) is 0 Å². The van der Waals surface area contributed by atoms with Crippen molar-refractivity contribution in [2.75, 3.05) is 39.4 Å². The van der Waals surface area contributed by atoms with Gasteiger partial charge in [-0.3, -0.25) is 4.90 Å². The lowest BCUT2D eigenvalue weighted by Crippen LogP contribution is -2.52. The summed E-state index contributed by atoms with van der Waals surface area (Å²) in [5, 5.41) is 2.79. The normalized spacial score (nSPS) is 28.8. The molecule has 0 spiro atoms. The number of piperazine rings is 1. The Morgan fingerprint density at radius 1 is 1.54 bits per heavy atom. The highest BCUT2D eigenvalue weighted by molar-refractivity contribution is 5.77. The van der Waals surface area contributed by atoms with Crippen LogP contribution in [0.15, 0.2) is 0 Å². The average Bonchev–Trinajstić information content (AvgIpc) is 2.48. The van der Waals surface area contributed by atoms with Crippen molar-refractivity contribution >= 4 is 6.03 Å². The quantitative estimate of drug-likeness (QED) is 0.642. The fraction of sp³-hybridized carbons (Fsp3) is 0.875. The second-order valence-corrected chi connectivity index (χ2v) is 3.52. The molecule has 0 aromatic rings. The van der Waals surface area contributed by atoms with Crippen molar-refractivity contribution in [3.05, 3.63) is 0 Å². The van der Waals surface area contributed by atoms with Gasteiger partial charge in [-0.2, -0.15) is 0 Å². The van der Waals surface area contributed by atoms with Gasteiger partial charge in [0, 0.05) is 32.7 Å². The van der Waals surface area contributed by atoms with E-state index >= 15 is 0 Å². The maximum absolute atomic E-state index is 12.1. The Balaban J connectivity index is 1.91. The van der Waals surface area contributed by atoms with Crippen molar-refractivity contribution < 1.29 is 9.18 Å². The molecule has 2 fully saturated rings. The molecule has 0 bridgehead atoms. The third kappa shape index (κ3) is 1.60. The number of nitrogens with one attached hydrogen (secondary N) is 1. The number of hydrogen-bond donors (Lipinski definition) is 1. The minimum absolute atomic E-state index is 0.0323. The molecule has 5 heteroatoms. The van der Waals surface area contributed by atoms with Gasteiger partial charge in [-0.15, -0.1) is 0 Å². The minimum Gasteiger partial charge on any atom is -0.336 e. The summed E-state index contributed by atoms with van der Waals surface area (Å²) in [5.74, 6) is 0. The maximum atomic E-state index is 12.1. The molecule has 4 nitrogen and oxygen atoms in total. The van der Waals surface area contributed by atoms with Gasteiger partial charge < -0.3 is 10.2 Å². The highest BCUT2D eigenvalue weighted by Gasteiger charge is 2.34. The summed E-state index contributed by atoms with van der Waals surface area (Å²) >= 11 is 0. The number of halogens is 1. The van der Waals surface area contributed by atoms with E-state index in [1.165, 1.54) is 0 Å². The average molecular weight is 187 g/mol. The van der Waals surface area contributed by atoms with Gasteiger partial charge in [-0.1, -0.05) is 0 Å². The topological polar surface area (TPSA) is 35.6 Å². The summed E-state index contributed by atoms with van der Waals surface area (Å²) < 4.78 is 12.1. The lowest BCUT2D eigenvalue weighted by Gasteiger charge is -2.35. The first-order valence-electron chi connectivity index (χ1n) is 4.64. The zero-order chi connectivity index (χ0) is 9.26. The van der Waals surface area contributed by atoms with Crippen molar-refractivity contribution in [2.45, 2.75) is 6.04 Å². The number of hydrogen-bond acceptors (Lipinski definition) is 2. The van der Waals surface area contributed by atoms with Crippen LogP contribution in [0.2, 0.25) is 0 Å². The Morgan fingerprint density at radius 2 is 2.38 bits per heavy atom. The molecule has 13 heavy (non-hydrogen) atoms. The van der Waals surface area contributed by atoms with Gasteiger partial charge in [0.15, 0.2) is 0 Å². The van der Waals surface area contributed by atoms with Gasteiger partial charge in [0.1, 0.15) is 6.67 Å². The van der Waals surface area contributed by atoms with Crippen LogP contribution in [-0.2, 0) is 0 Å². The van der Waals surface area contributed by atoms with Gasteiger partial charge in [0.2, 0.25) is 0 Å². The van der Waals surface area contributed by atoms with Crippen molar-refractivity contribution in [3.63, 3.8) is 0 Å². The molecule has 2 aliphatic rings. The summed E-state index contributed by atoms with van der Waals surface area (Å²) in [6, 6.07) is 0.290. The van der Waals surface area contributed by atoms with Crippen LogP contribution < -0.4 is 5.32 Å². The van der Waals surface area contributed by atoms with Crippen LogP contribution in [-0.4, -0.2) is 61.3 Å². The van der Waals surface area contributed by atoms with Crippen LogP contribution >= 0.6 is 0 Å². The van der Waals surface area contributed by atoms with E-state index in [2.05, 4.69) is 10.2 Å². The van der Waals surface area contributed by atoms with E-state index in [4.69, 9.17) is 0 Å². The molecule has 0 aromatic carbocycles. The van der Waals surface area contributed by atoms with Crippen LogP contribution in [0.25, 0.3) is 0 Å². The zero-order valence-corrected chi connectivity index (χ0v) is 7.50. The second-order valence-electron chi connectivity index (χ2n) is 3.52. The van der Waals surface area contributed by atoms with Gasteiger partial charge in [0.25, 0.3) is 0 Å². The van der Waals surface area contributed by atoms with Crippen LogP contribution in [0.1, 0.15) is 0 Å². The highest BCUT2D eigenvalue weighted by atomic mass is 19.1. The van der Waals surface area contributed by atoms with Gasteiger partial charge in [-0.05, 0) is 0 Å². The van der Waals surface area contributed by atoms with E-state index in [1.54, 1.807) is 0 Å². The Bertz CT molecular complexity index is 212. The summed E-state index contributed by atoms with van der Waals surface area (Å²) in [6.45, 7) is 3.25. The highest BCUT2D eigenvalue weighted by Crippen LogP contribution is 2.13. The molecular formula is C8H14FN3O. The van der Waals surface area contributed by atoms with E-state index < -0.39 is 0 Å². The predicted molar refractivity (Wildman–Crippen MR) is 46.3 cm³/mol. The Labute approximate surface area is 76.7 Å². The monoisotopic (exact) mass is 187 g/mol. The van der Waals surface area contributed by atoms with Crippen molar-refractivity contribution in [2.24, 2.45) is 0 Å². The lowest BCUT2D eigenvalue weighted by molar-refractivity contribution is 0.116. The number of alkyl halides is 1. The number of carbonyl (C=O) groups is 1. The summed E-state index contributed by atoms with van der Waals surface area (Å²) in [5.41, 5.74) is 0. The molecule has 2 heterocycles. The van der Waals surface area contributed by atoms with Crippen LogP contribution in [0.4, 0.5) is 9.18 Å². The molecule has 74 valence electrons. The number of nitrogens with zero attached hydrogens (tertiary/aromatic N) is 2. The third-order valence-electron chi connectivity index (χ3n) is 2.72. The number of fused-ring (bicyclic) bond motifs is 1. The van der Waals surface area contributed by atoms with Crippen LogP contribution in [0.5, 0.6) is 0 Å². The van der Waals surface area contributed by atoms with E-state index in [0.717, 1.165) is 19.6 Å². The Kier molecular flexibility index (Phi) is 2.35.